The van der Waals surface area contributed by atoms with E-state index in [9.17, 15) is 0 Å². The minimum atomic E-state index is 0.957. The van der Waals surface area contributed by atoms with E-state index in [1.54, 1.807) is 18.4 Å². The molecule has 0 atom stereocenters. The van der Waals surface area contributed by atoms with Gasteiger partial charge in [0.25, 0.3) is 0 Å². The van der Waals surface area contributed by atoms with Gasteiger partial charge in [-0.2, -0.15) is 0 Å². The zero-order valence-electron chi connectivity index (χ0n) is 6.13. The monoisotopic (exact) mass is 163 g/mol. The van der Waals surface area contributed by atoms with Crippen molar-refractivity contribution in [3.05, 3.63) is 29.6 Å². The predicted octanol–water partition coefficient (Wildman–Crippen LogP) is 2.71. The number of benzene rings is 1. The van der Waals surface area contributed by atoms with Gasteiger partial charge < -0.3 is 4.74 Å². The zero-order valence-corrected chi connectivity index (χ0v) is 6.94. The fourth-order valence-electron chi connectivity index (χ4n) is 1.05. The second-order valence-corrected chi connectivity index (χ2v) is 3.14. The van der Waals surface area contributed by atoms with E-state index in [-0.39, 0.29) is 0 Å². The molecule has 0 aliphatic rings. The molecule has 1 aromatic heterocycles. The molecule has 11 heavy (non-hydrogen) atoms. The maximum Gasteiger partial charge on any atom is 0.137 e. The first-order chi connectivity index (χ1) is 5.42. The molecule has 2 rings (SSSR count). The lowest BCUT2D eigenvalue weighted by molar-refractivity contribution is 0.421. The highest BCUT2D eigenvalue weighted by Gasteiger charge is 2.00. The Hall–Kier alpha value is -1.02. The molecule has 0 saturated heterocycles. The highest BCUT2D eigenvalue weighted by Crippen LogP contribution is 2.30. The van der Waals surface area contributed by atoms with Gasteiger partial charge in [-0.15, -0.1) is 11.3 Å². The summed E-state index contributed by atoms with van der Waals surface area (Å²) in [6.45, 7) is 0. The first-order valence-corrected chi connectivity index (χ1v) is 4.21. The normalized spacial score (nSPS) is 10.3. The minimum absolute atomic E-state index is 0.957. The molecular weight excluding hydrogens is 156 g/mol. The third-order valence-corrected chi connectivity index (χ3v) is 2.53. The van der Waals surface area contributed by atoms with Crippen LogP contribution >= 0.6 is 11.3 Å². The van der Waals surface area contributed by atoms with Crippen LogP contribution in [-0.2, 0) is 0 Å². The Morgan fingerprint density at radius 2 is 2.45 bits per heavy atom. The van der Waals surface area contributed by atoms with Crippen molar-refractivity contribution in [2.45, 2.75) is 0 Å². The van der Waals surface area contributed by atoms with E-state index in [0.29, 0.717) is 0 Å². The third-order valence-electron chi connectivity index (χ3n) is 1.60. The first kappa shape index (κ1) is 6.68. The molecule has 1 nitrogen and oxygen atoms in total. The van der Waals surface area contributed by atoms with E-state index in [1.807, 2.05) is 23.6 Å². The van der Waals surface area contributed by atoms with Crippen LogP contribution in [-0.4, -0.2) is 7.11 Å². The Labute approximate surface area is 69.2 Å². The Morgan fingerprint density at radius 1 is 1.55 bits per heavy atom. The molecule has 2 heteroatoms. The lowest BCUT2D eigenvalue weighted by atomic mass is 10.2. The van der Waals surface area contributed by atoms with Gasteiger partial charge in [0.1, 0.15) is 5.75 Å². The third kappa shape index (κ3) is 0.994. The van der Waals surface area contributed by atoms with Crippen LogP contribution in [0.5, 0.6) is 5.75 Å². The molecule has 0 unspecified atom stereocenters. The summed E-state index contributed by atoms with van der Waals surface area (Å²) >= 11 is 1.68. The van der Waals surface area contributed by atoms with Crippen LogP contribution in [0.2, 0.25) is 0 Å². The van der Waals surface area contributed by atoms with Gasteiger partial charge in [0.15, 0.2) is 0 Å². The number of fused-ring (bicyclic) bond motifs is 1. The van der Waals surface area contributed by atoms with Crippen molar-refractivity contribution >= 4 is 21.4 Å². The first-order valence-electron chi connectivity index (χ1n) is 3.33. The van der Waals surface area contributed by atoms with Crippen molar-refractivity contribution in [1.29, 1.82) is 0 Å². The quantitative estimate of drug-likeness (QED) is 0.628. The molecular formula is C9H7OS. The lowest BCUT2D eigenvalue weighted by Gasteiger charge is -1.93. The van der Waals surface area contributed by atoms with E-state index in [0.717, 1.165) is 5.75 Å². The molecule has 1 heterocycles. The molecule has 55 valence electrons. The molecule has 0 spiro atoms. The van der Waals surface area contributed by atoms with Gasteiger partial charge in [0.05, 0.1) is 7.11 Å². The largest absolute Gasteiger partial charge is 0.495 e. The summed E-state index contributed by atoms with van der Waals surface area (Å²) in [7, 11) is 1.69. The highest BCUT2D eigenvalue weighted by molar-refractivity contribution is 7.17. The van der Waals surface area contributed by atoms with Crippen molar-refractivity contribution < 1.29 is 4.74 Å². The number of hydrogen-bond acceptors (Lipinski definition) is 2. The summed E-state index contributed by atoms with van der Waals surface area (Å²) in [6, 6.07) is 8.92. The maximum absolute atomic E-state index is 5.16. The fraction of sp³-hybridized carbons (Fsp3) is 0.111. The summed E-state index contributed by atoms with van der Waals surface area (Å²) in [5, 5.41) is 3.19. The van der Waals surface area contributed by atoms with Crippen molar-refractivity contribution in [1.82, 2.24) is 0 Å². The Kier molecular flexibility index (Phi) is 1.55. The van der Waals surface area contributed by atoms with Crippen molar-refractivity contribution in [2.24, 2.45) is 0 Å². The fourth-order valence-corrected chi connectivity index (χ4v) is 1.94. The van der Waals surface area contributed by atoms with Gasteiger partial charge >= 0.3 is 0 Å². The van der Waals surface area contributed by atoms with E-state index in [1.165, 1.54) is 10.1 Å². The number of hydrogen-bond donors (Lipinski definition) is 0. The average Bonchev–Trinajstić information content (AvgIpc) is 2.47. The smallest absolute Gasteiger partial charge is 0.137 e. The Morgan fingerprint density at radius 3 is 3.27 bits per heavy atom. The maximum atomic E-state index is 5.16. The van der Waals surface area contributed by atoms with Gasteiger partial charge in [-0.05, 0) is 18.2 Å². The van der Waals surface area contributed by atoms with Crippen LogP contribution in [0.4, 0.5) is 0 Å². The van der Waals surface area contributed by atoms with E-state index < -0.39 is 0 Å². The SMILES string of the molecule is COc1csc2c[c]ccc12. The molecule has 0 bridgehead atoms. The van der Waals surface area contributed by atoms with E-state index >= 15 is 0 Å². The Balaban J connectivity index is 2.76. The van der Waals surface area contributed by atoms with Crippen LogP contribution in [0.1, 0.15) is 0 Å². The Bertz CT molecular complexity index is 364. The summed E-state index contributed by atoms with van der Waals surface area (Å²) in [5.41, 5.74) is 0. The average molecular weight is 163 g/mol. The van der Waals surface area contributed by atoms with Gasteiger partial charge in [0.2, 0.25) is 0 Å². The number of ether oxygens (including phenoxy) is 1. The second-order valence-electron chi connectivity index (χ2n) is 2.23. The van der Waals surface area contributed by atoms with Gasteiger partial charge in [-0.25, -0.2) is 0 Å². The molecule has 2 aromatic rings. The number of thiophene rings is 1. The molecule has 0 N–H and O–H groups in total. The topological polar surface area (TPSA) is 9.23 Å². The van der Waals surface area contributed by atoms with E-state index in [4.69, 9.17) is 4.74 Å². The van der Waals surface area contributed by atoms with E-state index in [2.05, 4.69) is 6.07 Å². The van der Waals surface area contributed by atoms with Gasteiger partial charge in [-0.3, -0.25) is 0 Å². The van der Waals surface area contributed by atoms with Crippen LogP contribution in [0, 0.1) is 6.07 Å². The van der Waals surface area contributed by atoms with Crippen LogP contribution in [0.15, 0.2) is 23.6 Å². The summed E-state index contributed by atoms with van der Waals surface area (Å²) in [4.78, 5) is 0. The molecule has 0 saturated carbocycles. The number of rotatable bonds is 1. The second kappa shape index (κ2) is 2.55. The minimum Gasteiger partial charge on any atom is -0.495 e. The summed E-state index contributed by atoms with van der Waals surface area (Å²) in [5.74, 6) is 0.957. The molecule has 1 aromatic carbocycles. The molecule has 0 aliphatic carbocycles. The number of methoxy groups -OCH3 is 1. The zero-order chi connectivity index (χ0) is 7.68. The summed E-state index contributed by atoms with van der Waals surface area (Å²) in [6.07, 6.45) is 0. The van der Waals surface area contributed by atoms with Crippen LogP contribution in [0.25, 0.3) is 10.1 Å². The molecule has 0 fully saturated rings. The van der Waals surface area contributed by atoms with Crippen molar-refractivity contribution in [3.63, 3.8) is 0 Å². The van der Waals surface area contributed by atoms with Gasteiger partial charge in [0, 0.05) is 15.5 Å². The highest BCUT2D eigenvalue weighted by atomic mass is 32.1. The molecule has 0 aliphatic heterocycles. The predicted molar refractivity (Wildman–Crippen MR) is 47.2 cm³/mol. The molecule has 1 radical (unpaired) electrons. The summed E-state index contributed by atoms with van der Waals surface area (Å²) < 4.78 is 6.39. The van der Waals surface area contributed by atoms with Crippen molar-refractivity contribution in [3.8, 4) is 5.75 Å². The molecule has 0 amide bonds. The lowest BCUT2D eigenvalue weighted by Crippen LogP contribution is -1.77. The van der Waals surface area contributed by atoms with Crippen LogP contribution in [0.3, 0.4) is 0 Å². The standard InChI is InChI=1S/C9H7OS/c1-10-8-6-11-9-5-3-2-4-7(8)9/h2,4-6H,1H3. The van der Waals surface area contributed by atoms with Crippen LogP contribution < -0.4 is 4.74 Å². The van der Waals surface area contributed by atoms with Gasteiger partial charge in [-0.1, -0.05) is 6.07 Å². The van der Waals surface area contributed by atoms with Crippen molar-refractivity contribution in [2.75, 3.05) is 7.11 Å².